The summed E-state index contributed by atoms with van der Waals surface area (Å²) in [5.74, 6) is -0.195. The Balaban J connectivity index is 2.81. The van der Waals surface area contributed by atoms with Crippen molar-refractivity contribution in [3.05, 3.63) is 29.8 Å². The molecule has 1 aromatic carbocycles. The molecule has 0 aliphatic carbocycles. The standard InChI is InChI=1S/C10H14N4O4S/c1-2-18-10(15)14-19(16,17)13-8-5-3-4-7(6-8)9(11)12/h3-6,13H,2H2,1H3,(H3,11,12)(H,14,15). The quantitative estimate of drug-likeness (QED) is 0.458. The van der Waals surface area contributed by atoms with Gasteiger partial charge in [-0.15, -0.1) is 0 Å². The van der Waals surface area contributed by atoms with Gasteiger partial charge in [0.2, 0.25) is 0 Å². The summed E-state index contributed by atoms with van der Waals surface area (Å²) < 4.78 is 31.4. The molecule has 0 saturated carbocycles. The average molecular weight is 286 g/mol. The van der Waals surface area contributed by atoms with E-state index in [4.69, 9.17) is 11.1 Å². The van der Waals surface area contributed by atoms with Gasteiger partial charge >= 0.3 is 16.3 Å². The largest absolute Gasteiger partial charge is 0.449 e. The number of carbonyl (C=O) groups is 1. The normalized spacial score (nSPS) is 10.6. The summed E-state index contributed by atoms with van der Waals surface area (Å²) in [6.45, 7) is 1.61. The van der Waals surface area contributed by atoms with Crippen molar-refractivity contribution in [1.29, 1.82) is 5.41 Å². The zero-order valence-electron chi connectivity index (χ0n) is 10.1. The van der Waals surface area contributed by atoms with Crippen LogP contribution < -0.4 is 15.2 Å². The predicted octanol–water partition coefficient (Wildman–Crippen LogP) is 0.373. The van der Waals surface area contributed by atoms with Crippen molar-refractivity contribution < 1.29 is 17.9 Å². The van der Waals surface area contributed by atoms with Crippen molar-refractivity contribution in [3.8, 4) is 0 Å². The molecule has 5 N–H and O–H groups in total. The van der Waals surface area contributed by atoms with E-state index in [9.17, 15) is 13.2 Å². The molecule has 0 radical (unpaired) electrons. The van der Waals surface area contributed by atoms with Crippen LogP contribution in [0.5, 0.6) is 0 Å². The van der Waals surface area contributed by atoms with Gasteiger partial charge in [-0.05, 0) is 19.1 Å². The number of anilines is 1. The number of amidine groups is 1. The fourth-order valence-corrected chi connectivity index (χ4v) is 1.97. The van der Waals surface area contributed by atoms with Crippen LogP contribution in [0.4, 0.5) is 10.5 Å². The first-order valence-corrected chi connectivity index (χ1v) is 6.74. The number of nitrogens with two attached hydrogens (primary N) is 1. The first-order chi connectivity index (χ1) is 8.84. The summed E-state index contributed by atoms with van der Waals surface area (Å²) in [5.41, 5.74) is 5.81. The number of nitrogens with one attached hydrogen (secondary N) is 3. The van der Waals surface area contributed by atoms with E-state index in [1.54, 1.807) is 17.7 Å². The molecule has 0 saturated heterocycles. The van der Waals surface area contributed by atoms with Crippen LogP contribution in [0, 0.1) is 5.41 Å². The minimum absolute atomic E-state index is 0.0567. The first kappa shape index (κ1) is 14.8. The van der Waals surface area contributed by atoms with Gasteiger partial charge in [-0.1, -0.05) is 12.1 Å². The number of hydrogen-bond acceptors (Lipinski definition) is 5. The third kappa shape index (κ3) is 4.84. The van der Waals surface area contributed by atoms with Crippen molar-refractivity contribution in [2.75, 3.05) is 11.3 Å². The Hall–Kier alpha value is -2.29. The molecule has 0 bridgehead atoms. The average Bonchev–Trinajstić information content (AvgIpc) is 2.27. The molecule has 19 heavy (non-hydrogen) atoms. The number of hydrogen-bond donors (Lipinski definition) is 4. The minimum atomic E-state index is -4.08. The molecule has 0 aliphatic heterocycles. The molecule has 1 aromatic rings. The van der Waals surface area contributed by atoms with E-state index in [2.05, 4.69) is 9.46 Å². The fourth-order valence-electron chi connectivity index (χ4n) is 1.20. The molecule has 0 heterocycles. The summed E-state index contributed by atoms with van der Waals surface area (Å²) in [5, 5.41) is 7.24. The number of rotatable bonds is 5. The Labute approximate surface area is 110 Å². The van der Waals surface area contributed by atoms with E-state index < -0.39 is 16.3 Å². The number of amides is 1. The van der Waals surface area contributed by atoms with Gasteiger partial charge in [-0.3, -0.25) is 10.1 Å². The molecule has 0 spiro atoms. The lowest BCUT2D eigenvalue weighted by atomic mass is 10.2. The van der Waals surface area contributed by atoms with E-state index in [1.807, 2.05) is 0 Å². The summed E-state index contributed by atoms with van der Waals surface area (Å²) >= 11 is 0. The van der Waals surface area contributed by atoms with E-state index in [-0.39, 0.29) is 18.1 Å². The highest BCUT2D eigenvalue weighted by Gasteiger charge is 2.15. The van der Waals surface area contributed by atoms with E-state index >= 15 is 0 Å². The van der Waals surface area contributed by atoms with Crippen LogP contribution in [0.2, 0.25) is 0 Å². The van der Waals surface area contributed by atoms with Crippen LogP contribution in [-0.2, 0) is 14.9 Å². The number of nitrogen functional groups attached to an aromatic ring is 1. The second-order valence-electron chi connectivity index (χ2n) is 3.42. The Bertz CT molecular complexity index is 585. The maximum absolute atomic E-state index is 11.6. The van der Waals surface area contributed by atoms with Crippen molar-refractivity contribution >= 4 is 27.8 Å². The van der Waals surface area contributed by atoms with Gasteiger partial charge in [0.05, 0.1) is 12.3 Å². The zero-order valence-corrected chi connectivity index (χ0v) is 11.0. The van der Waals surface area contributed by atoms with Crippen LogP contribution in [0.15, 0.2) is 24.3 Å². The highest BCUT2D eigenvalue weighted by molar-refractivity contribution is 7.91. The summed E-state index contributed by atoms with van der Waals surface area (Å²) in [7, 11) is -4.08. The van der Waals surface area contributed by atoms with Gasteiger partial charge in [-0.2, -0.15) is 8.42 Å². The molecule has 9 heteroatoms. The maximum Gasteiger partial charge on any atom is 0.422 e. The van der Waals surface area contributed by atoms with Gasteiger partial charge < -0.3 is 10.5 Å². The molecule has 0 fully saturated rings. The monoisotopic (exact) mass is 286 g/mol. The summed E-state index contributed by atoms with van der Waals surface area (Å²) in [6, 6.07) is 5.90. The third-order valence-corrected chi connectivity index (χ3v) is 2.86. The summed E-state index contributed by atoms with van der Waals surface area (Å²) in [6.07, 6.45) is -1.07. The predicted molar refractivity (Wildman–Crippen MR) is 70.2 cm³/mol. The van der Waals surface area contributed by atoms with Gasteiger partial charge in [0.25, 0.3) is 0 Å². The highest BCUT2D eigenvalue weighted by Crippen LogP contribution is 2.11. The van der Waals surface area contributed by atoms with Crippen molar-refractivity contribution in [2.45, 2.75) is 6.92 Å². The molecule has 0 aromatic heterocycles. The second kappa shape index (κ2) is 6.05. The molecule has 0 atom stereocenters. The van der Waals surface area contributed by atoms with Gasteiger partial charge in [0.15, 0.2) is 0 Å². The molecule has 0 aliphatic rings. The van der Waals surface area contributed by atoms with Crippen molar-refractivity contribution in [2.24, 2.45) is 5.73 Å². The highest BCUT2D eigenvalue weighted by atomic mass is 32.2. The lowest BCUT2D eigenvalue weighted by Gasteiger charge is -2.09. The smallest absolute Gasteiger partial charge is 0.422 e. The third-order valence-electron chi connectivity index (χ3n) is 1.92. The minimum Gasteiger partial charge on any atom is -0.449 e. The van der Waals surface area contributed by atoms with E-state index in [1.165, 1.54) is 18.2 Å². The Morgan fingerprint density at radius 3 is 2.74 bits per heavy atom. The van der Waals surface area contributed by atoms with Crippen molar-refractivity contribution in [3.63, 3.8) is 0 Å². The Morgan fingerprint density at radius 1 is 1.47 bits per heavy atom. The van der Waals surface area contributed by atoms with Crippen LogP contribution in [-0.4, -0.2) is 27.0 Å². The van der Waals surface area contributed by atoms with Crippen molar-refractivity contribution in [1.82, 2.24) is 4.72 Å². The Morgan fingerprint density at radius 2 is 2.16 bits per heavy atom. The molecule has 1 rings (SSSR count). The molecule has 1 amide bonds. The number of carbonyl (C=O) groups excluding carboxylic acids is 1. The fraction of sp³-hybridized carbons (Fsp3) is 0.200. The topological polar surface area (TPSA) is 134 Å². The zero-order chi connectivity index (χ0) is 14.5. The SMILES string of the molecule is CCOC(=O)NS(=O)(=O)Nc1cccc(C(=N)N)c1. The van der Waals surface area contributed by atoms with Gasteiger partial charge in [0, 0.05) is 5.56 Å². The first-order valence-electron chi connectivity index (χ1n) is 5.26. The van der Waals surface area contributed by atoms with E-state index in [0.717, 1.165) is 0 Å². The number of ether oxygens (including phenoxy) is 1. The van der Waals surface area contributed by atoms with Crippen LogP contribution in [0.3, 0.4) is 0 Å². The lowest BCUT2D eigenvalue weighted by Crippen LogP contribution is -2.35. The molecule has 0 unspecified atom stereocenters. The molecular weight excluding hydrogens is 272 g/mol. The summed E-state index contributed by atoms with van der Waals surface area (Å²) in [4.78, 5) is 11.0. The van der Waals surface area contributed by atoms with Gasteiger partial charge in [0.1, 0.15) is 5.84 Å². The Kier molecular flexibility index (Phi) is 4.70. The van der Waals surface area contributed by atoms with Gasteiger partial charge in [-0.25, -0.2) is 9.52 Å². The second-order valence-corrected chi connectivity index (χ2v) is 4.84. The molecule has 8 nitrogen and oxygen atoms in total. The molecular formula is C10H14N4O4S. The number of benzene rings is 1. The lowest BCUT2D eigenvalue weighted by molar-refractivity contribution is 0.159. The molecule has 104 valence electrons. The van der Waals surface area contributed by atoms with Crippen LogP contribution in [0.1, 0.15) is 12.5 Å². The van der Waals surface area contributed by atoms with Crippen LogP contribution in [0.25, 0.3) is 0 Å². The van der Waals surface area contributed by atoms with E-state index in [0.29, 0.717) is 5.56 Å². The maximum atomic E-state index is 11.6. The van der Waals surface area contributed by atoms with Crippen LogP contribution >= 0.6 is 0 Å².